The Balaban J connectivity index is 2.20. The van der Waals surface area contributed by atoms with E-state index in [4.69, 9.17) is 12.2 Å². The maximum absolute atomic E-state index is 5.32. The van der Waals surface area contributed by atoms with Gasteiger partial charge in [0.25, 0.3) is 0 Å². The second-order valence-corrected chi connectivity index (χ2v) is 6.66. The fourth-order valence-electron chi connectivity index (χ4n) is 2.26. The monoisotopic (exact) mass is 293 g/mol. The van der Waals surface area contributed by atoms with Crippen LogP contribution in [0.25, 0.3) is 0 Å². The first-order valence-corrected chi connectivity index (χ1v) is 7.50. The van der Waals surface area contributed by atoms with E-state index in [-0.39, 0.29) is 5.41 Å². The average Bonchev–Trinajstić information content (AvgIpc) is 2.36. The van der Waals surface area contributed by atoms with E-state index in [2.05, 4.69) is 67.7 Å². The Labute approximate surface area is 128 Å². The first-order valence-electron chi connectivity index (χ1n) is 7.09. The van der Waals surface area contributed by atoms with Gasteiger partial charge in [-0.2, -0.15) is 0 Å². The number of thiocarbonyl (C=S) groups is 1. The number of rotatable bonds is 7. The molecule has 0 saturated heterocycles. The molecule has 0 saturated carbocycles. The Morgan fingerprint density at radius 3 is 2.40 bits per heavy atom. The van der Waals surface area contributed by atoms with Crippen LogP contribution < -0.4 is 10.6 Å². The summed E-state index contributed by atoms with van der Waals surface area (Å²) in [6, 6.07) is 10.4. The third kappa shape index (κ3) is 7.46. The molecule has 1 aromatic carbocycles. The van der Waals surface area contributed by atoms with Crippen LogP contribution in [0.5, 0.6) is 0 Å². The van der Waals surface area contributed by atoms with Gasteiger partial charge in [-0.1, -0.05) is 44.2 Å². The molecule has 0 aliphatic heterocycles. The molecule has 0 bridgehead atoms. The molecule has 0 amide bonds. The van der Waals surface area contributed by atoms with E-state index in [0.29, 0.717) is 0 Å². The molecule has 4 heteroatoms. The standard InChI is InChI=1S/C16H27N3S/c1-16(2,13-19(3)4)12-18-15(20)17-11-10-14-8-6-5-7-9-14/h5-9H,10-13H2,1-4H3,(H2,17,18,20). The Hall–Kier alpha value is -1.13. The summed E-state index contributed by atoms with van der Waals surface area (Å²) >= 11 is 5.32. The van der Waals surface area contributed by atoms with Crippen LogP contribution in [0.15, 0.2) is 30.3 Å². The number of nitrogens with one attached hydrogen (secondary N) is 2. The molecule has 1 aromatic rings. The first kappa shape index (κ1) is 16.9. The summed E-state index contributed by atoms with van der Waals surface area (Å²) in [5.41, 5.74) is 1.53. The molecule has 0 aliphatic rings. The molecule has 0 spiro atoms. The minimum absolute atomic E-state index is 0.203. The van der Waals surface area contributed by atoms with Crippen LogP contribution in [0.4, 0.5) is 0 Å². The Kier molecular flexibility index (Phi) is 6.96. The van der Waals surface area contributed by atoms with Gasteiger partial charge in [-0.25, -0.2) is 0 Å². The van der Waals surface area contributed by atoms with Gasteiger partial charge in [0.05, 0.1) is 0 Å². The zero-order valence-electron chi connectivity index (χ0n) is 13.1. The number of benzene rings is 1. The van der Waals surface area contributed by atoms with Gasteiger partial charge in [-0.3, -0.25) is 0 Å². The average molecular weight is 293 g/mol. The molecule has 0 unspecified atom stereocenters. The lowest BCUT2D eigenvalue weighted by atomic mass is 9.93. The van der Waals surface area contributed by atoms with Crippen molar-refractivity contribution in [2.24, 2.45) is 5.41 Å². The summed E-state index contributed by atoms with van der Waals surface area (Å²) in [6.45, 7) is 7.26. The fourth-order valence-corrected chi connectivity index (χ4v) is 2.43. The third-order valence-electron chi connectivity index (χ3n) is 3.01. The van der Waals surface area contributed by atoms with Crippen LogP contribution >= 0.6 is 12.2 Å². The van der Waals surface area contributed by atoms with Crippen molar-refractivity contribution in [1.29, 1.82) is 0 Å². The van der Waals surface area contributed by atoms with Crippen LogP contribution in [0.2, 0.25) is 0 Å². The summed E-state index contributed by atoms with van der Waals surface area (Å²) in [4.78, 5) is 2.20. The smallest absolute Gasteiger partial charge is 0.166 e. The normalized spacial score (nSPS) is 11.4. The van der Waals surface area contributed by atoms with E-state index < -0.39 is 0 Å². The maximum Gasteiger partial charge on any atom is 0.166 e. The van der Waals surface area contributed by atoms with Crippen LogP contribution in [0, 0.1) is 5.41 Å². The molecule has 1 rings (SSSR count). The first-order chi connectivity index (χ1) is 9.39. The van der Waals surface area contributed by atoms with Crippen LogP contribution in [0.1, 0.15) is 19.4 Å². The topological polar surface area (TPSA) is 27.3 Å². The lowest BCUT2D eigenvalue weighted by molar-refractivity contribution is 0.241. The SMILES string of the molecule is CN(C)CC(C)(C)CNC(=S)NCCc1ccccc1. The lowest BCUT2D eigenvalue weighted by Crippen LogP contribution is -2.44. The third-order valence-corrected chi connectivity index (χ3v) is 3.30. The highest BCUT2D eigenvalue weighted by Gasteiger charge is 2.18. The van der Waals surface area contributed by atoms with Crippen molar-refractivity contribution in [1.82, 2.24) is 15.5 Å². The molecule has 0 heterocycles. The van der Waals surface area contributed by atoms with Crippen molar-refractivity contribution in [3.63, 3.8) is 0 Å². The summed E-state index contributed by atoms with van der Waals surface area (Å²) in [6.07, 6.45) is 0.990. The van der Waals surface area contributed by atoms with E-state index >= 15 is 0 Å². The van der Waals surface area contributed by atoms with Gasteiger partial charge in [0, 0.05) is 19.6 Å². The van der Waals surface area contributed by atoms with E-state index in [9.17, 15) is 0 Å². The highest BCUT2D eigenvalue weighted by atomic mass is 32.1. The highest BCUT2D eigenvalue weighted by molar-refractivity contribution is 7.80. The Morgan fingerprint density at radius 2 is 1.80 bits per heavy atom. The van der Waals surface area contributed by atoms with Crippen molar-refractivity contribution in [3.05, 3.63) is 35.9 Å². The Bertz CT molecular complexity index is 401. The molecule has 112 valence electrons. The fraction of sp³-hybridized carbons (Fsp3) is 0.562. The summed E-state index contributed by atoms with van der Waals surface area (Å²) < 4.78 is 0. The summed E-state index contributed by atoms with van der Waals surface area (Å²) in [5.74, 6) is 0. The van der Waals surface area contributed by atoms with Gasteiger partial charge in [0.2, 0.25) is 0 Å². The van der Waals surface area contributed by atoms with Crippen LogP contribution in [0.3, 0.4) is 0 Å². The second kappa shape index (κ2) is 8.22. The van der Waals surface area contributed by atoms with E-state index in [1.54, 1.807) is 0 Å². The lowest BCUT2D eigenvalue weighted by Gasteiger charge is -2.29. The summed E-state index contributed by atoms with van der Waals surface area (Å²) in [5, 5.41) is 7.32. The van der Waals surface area contributed by atoms with Crippen molar-refractivity contribution >= 4 is 17.3 Å². The minimum atomic E-state index is 0.203. The number of hydrogen-bond acceptors (Lipinski definition) is 2. The van der Waals surface area contributed by atoms with E-state index in [1.807, 2.05) is 6.07 Å². The van der Waals surface area contributed by atoms with Crippen molar-refractivity contribution in [3.8, 4) is 0 Å². The van der Waals surface area contributed by atoms with Crippen molar-refractivity contribution in [2.75, 3.05) is 33.7 Å². The molecule has 0 radical (unpaired) electrons. The van der Waals surface area contributed by atoms with Gasteiger partial charge in [0.15, 0.2) is 5.11 Å². The number of nitrogens with zero attached hydrogens (tertiary/aromatic N) is 1. The van der Waals surface area contributed by atoms with Gasteiger partial charge < -0.3 is 15.5 Å². The maximum atomic E-state index is 5.32. The number of hydrogen-bond donors (Lipinski definition) is 2. The molecular formula is C16H27N3S. The van der Waals surface area contributed by atoms with E-state index in [1.165, 1.54) is 5.56 Å². The van der Waals surface area contributed by atoms with Gasteiger partial charge in [-0.15, -0.1) is 0 Å². The predicted octanol–water partition coefficient (Wildman–Crippen LogP) is 2.28. The van der Waals surface area contributed by atoms with Gasteiger partial charge >= 0.3 is 0 Å². The van der Waals surface area contributed by atoms with Gasteiger partial charge in [-0.05, 0) is 43.7 Å². The molecule has 0 aliphatic carbocycles. The quantitative estimate of drug-likeness (QED) is 0.754. The predicted molar refractivity (Wildman–Crippen MR) is 91.1 cm³/mol. The molecule has 2 N–H and O–H groups in total. The Morgan fingerprint density at radius 1 is 1.15 bits per heavy atom. The molecule has 0 atom stereocenters. The largest absolute Gasteiger partial charge is 0.362 e. The molecule has 3 nitrogen and oxygen atoms in total. The van der Waals surface area contributed by atoms with Crippen LogP contribution in [-0.2, 0) is 6.42 Å². The molecule has 20 heavy (non-hydrogen) atoms. The minimum Gasteiger partial charge on any atom is -0.362 e. The van der Waals surface area contributed by atoms with Crippen molar-refractivity contribution in [2.45, 2.75) is 20.3 Å². The molecular weight excluding hydrogens is 266 g/mol. The van der Waals surface area contributed by atoms with Gasteiger partial charge in [0.1, 0.15) is 0 Å². The summed E-state index contributed by atoms with van der Waals surface area (Å²) in [7, 11) is 4.19. The molecule has 0 aromatic heterocycles. The second-order valence-electron chi connectivity index (χ2n) is 6.25. The van der Waals surface area contributed by atoms with E-state index in [0.717, 1.165) is 31.2 Å². The highest BCUT2D eigenvalue weighted by Crippen LogP contribution is 2.13. The zero-order valence-corrected chi connectivity index (χ0v) is 13.9. The molecule has 0 fully saturated rings. The van der Waals surface area contributed by atoms with Crippen molar-refractivity contribution < 1.29 is 0 Å². The zero-order chi connectivity index (χ0) is 15.0. The van der Waals surface area contributed by atoms with Crippen LogP contribution in [-0.4, -0.2) is 43.7 Å².